The summed E-state index contributed by atoms with van der Waals surface area (Å²) in [5.41, 5.74) is 1.78. The van der Waals surface area contributed by atoms with Gasteiger partial charge in [-0.1, -0.05) is 0 Å². The van der Waals surface area contributed by atoms with Gasteiger partial charge in [0.25, 0.3) is 10.0 Å². The minimum atomic E-state index is -3.67. The van der Waals surface area contributed by atoms with Crippen molar-refractivity contribution in [3.05, 3.63) is 48.7 Å². The fourth-order valence-corrected chi connectivity index (χ4v) is 4.37. The fourth-order valence-electron chi connectivity index (χ4n) is 2.03. The number of aromatic amines is 1. The summed E-state index contributed by atoms with van der Waals surface area (Å²) in [6.45, 7) is 1.41. The number of thiophene rings is 1. The van der Waals surface area contributed by atoms with Crippen LogP contribution in [0.5, 0.6) is 0 Å². The number of carbonyl (C=O) groups excluding carboxylic acids is 1. The summed E-state index contributed by atoms with van der Waals surface area (Å²) in [5.74, 6) is -0.187. The Balaban J connectivity index is 1.77. The number of nitrogens with one attached hydrogen (secondary N) is 3. The van der Waals surface area contributed by atoms with Gasteiger partial charge in [0.1, 0.15) is 4.21 Å². The van der Waals surface area contributed by atoms with E-state index in [0.29, 0.717) is 11.4 Å². The molecule has 0 fully saturated rings. The molecule has 0 atom stereocenters. The van der Waals surface area contributed by atoms with Gasteiger partial charge in [-0.05, 0) is 42.5 Å². The number of nitrogens with zero attached hydrogens (tertiary/aromatic N) is 1. The highest BCUT2D eigenvalue weighted by atomic mass is 32.2. The summed E-state index contributed by atoms with van der Waals surface area (Å²) in [4.78, 5) is 11.8. The van der Waals surface area contributed by atoms with Gasteiger partial charge in [0, 0.05) is 24.5 Å². The zero-order valence-corrected chi connectivity index (χ0v) is 14.2. The predicted molar refractivity (Wildman–Crippen MR) is 93.5 cm³/mol. The molecule has 1 aromatic carbocycles. The number of anilines is 2. The summed E-state index contributed by atoms with van der Waals surface area (Å²) in [5, 5.41) is 9.28. The summed E-state index contributed by atoms with van der Waals surface area (Å²) in [7, 11) is -3.67. The van der Waals surface area contributed by atoms with Gasteiger partial charge >= 0.3 is 0 Å². The van der Waals surface area contributed by atoms with Crippen molar-refractivity contribution in [2.75, 3.05) is 10.0 Å². The minimum Gasteiger partial charge on any atom is -0.326 e. The van der Waals surface area contributed by atoms with E-state index in [9.17, 15) is 13.2 Å². The second-order valence-electron chi connectivity index (χ2n) is 4.95. The van der Waals surface area contributed by atoms with E-state index in [1.54, 1.807) is 48.7 Å². The van der Waals surface area contributed by atoms with E-state index in [1.807, 2.05) is 0 Å². The maximum Gasteiger partial charge on any atom is 0.271 e. The lowest BCUT2D eigenvalue weighted by molar-refractivity contribution is -0.114. The van der Waals surface area contributed by atoms with Crippen LogP contribution in [0.15, 0.2) is 52.9 Å². The predicted octanol–water partition coefficient (Wildman–Crippen LogP) is 2.90. The van der Waals surface area contributed by atoms with Crippen LogP contribution in [0.4, 0.5) is 11.4 Å². The van der Waals surface area contributed by atoms with Crippen LogP contribution in [0.3, 0.4) is 0 Å². The summed E-state index contributed by atoms with van der Waals surface area (Å²) >= 11 is 1.15. The summed E-state index contributed by atoms with van der Waals surface area (Å²) in [6.07, 6.45) is 1.61. The van der Waals surface area contributed by atoms with Crippen LogP contribution in [0.25, 0.3) is 10.6 Å². The first kappa shape index (κ1) is 16.2. The molecule has 2 aromatic heterocycles. The van der Waals surface area contributed by atoms with Crippen molar-refractivity contribution in [2.24, 2.45) is 0 Å². The van der Waals surface area contributed by atoms with Crippen LogP contribution < -0.4 is 10.0 Å². The van der Waals surface area contributed by atoms with E-state index in [1.165, 1.54) is 6.92 Å². The molecule has 3 N–H and O–H groups in total. The van der Waals surface area contributed by atoms with Crippen molar-refractivity contribution in [3.8, 4) is 10.6 Å². The Morgan fingerprint density at radius 3 is 2.42 bits per heavy atom. The molecule has 124 valence electrons. The molecule has 0 aliphatic rings. The Kier molecular flexibility index (Phi) is 4.36. The normalized spacial score (nSPS) is 11.2. The summed E-state index contributed by atoms with van der Waals surface area (Å²) < 4.78 is 27.6. The van der Waals surface area contributed by atoms with Gasteiger partial charge in [-0.15, -0.1) is 11.3 Å². The molecular weight excluding hydrogens is 348 g/mol. The van der Waals surface area contributed by atoms with E-state index in [2.05, 4.69) is 20.2 Å². The van der Waals surface area contributed by atoms with E-state index in [4.69, 9.17) is 0 Å². The van der Waals surface area contributed by atoms with Crippen LogP contribution in [0.1, 0.15) is 6.92 Å². The standard InChI is InChI=1S/C15H14N4O3S2/c1-10(20)17-11-2-4-12(5-3-11)19-24(21,22)15-7-6-14(23-15)13-8-9-16-18-13/h2-9,19H,1H3,(H,16,18)(H,17,20). The molecule has 3 aromatic rings. The van der Waals surface area contributed by atoms with Crippen molar-refractivity contribution in [3.63, 3.8) is 0 Å². The monoisotopic (exact) mass is 362 g/mol. The average Bonchev–Trinajstić information content (AvgIpc) is 3.19. The lowest BCUT2D eigenvalue weighted by atomic mass is 10.3. The highest BCUT2D eigenvalue weighted by molar-refractivity contribution is 7.94. The topological polar surface area (TPSA) is 104 Å². The zero-order chi connectivity index (χ0) is 17.2. The third kappa shape index (κ3) is 3.63. The minimum absolute atomic E-state index is 0.187. The first-order chi connectivity index (χ1) is 11.4. The van der Waals surface area contributed by atoms with E-state index >= 15 is 0 Å². The highest BCUT2D eigenvalue weighted by Gasteiger charge is 2.18. The van der Waals surface area contributed by atoms with E-state index < -0.39 is 10.0 Å². The Labute approximate surface area is 142 Å². The lowest BCUT2D eigenvalue weighted by Gasteiger charge is -2.07. The van der Waals surface area contributed by atoms with E-state index in [-0.39, 0.29) is 10.1 Å². The molecule has 0 aliphatic heterocycles. The first-order valence-electron chi connectivity index (χ1n) is 6.94. The van der Waals surface area contributed by atoms with Crippen LogP contribution in [0.2, 0.25) is 0 Å². The molecule has 1 amide bonds. The second kappa shape index (κ2) is 6.46. The molecule has 0 radical (unpaired) electrons. The lowest BCUT2D eigenvalue weighted by Crippen LogP contribution is -2.11. The highest BCUT2D eigenvalue weighted by Crippen LogP contribution is 2.30. The van der Waals surface area contributed by atoms with Crippen molar-refractivity contribution in [1.29, 1.82) is 0 Å². The molecule has 0 bridgehead atoms. The Morgan fingerprint density at radius 1 is 1.08 bits per heavy atom. The molecule has 2 heterocycles. The molecule has 9 heteroatoms. The SMILES string of the molecule is CC(=O)Nc1ccc(NS(=O)(=O)c2ccc(-c3ccn[nH]3)s2)cc1. The molecular formula is C15H14N4O3S2. The maximum atomic E-state index is 12.5. The Morgan fingerprint density at radius 2 is 1.79 bits per heavy atom. The number of aromatic nitrogens is 2. The second-order valence-corrected chi connectivity index (χ2v) is 7.95. The average molecular weight is 362 g/mol. The van der Waals surface area contributed by atoms with Crippen molar-refractivity contribution < 1.29 is 13.2 Å². The largest absolute Gasteiger partial charge is 0.326 e. The van der Waals surface area contributed by atoms with Gasteiger partial charge in [-0.25, -0.2) is 8.42 Å². The van der Waals surface area contributed by atoms with Gasteiger partial charge in [0.15, 0.2) is 0 Å². The van der Waals surface area contributed by atoms with E-state index in [0.717, 1.165) is 21.9 Å². The molecule has 7 nitrogen and oxygen atoms in total. The van der Waals surface area contributed by atoms with Gasteiger partial charge in [0.05, 0.1) is 10.6 Å². The van der Waals surface area contributed by atoms with Gasteiger partial charge in [-0.3, -0.25) is 14.6 Å². The Bertz CT molecular complexity index is 945. The van der Waals surface area contributed by atoms with Crippen molar-refractivity contribution in [1.82, 2.24) is 10.2 Å². The fraction of sp³-hybridized carbons (Fsp3) is 0.0667. The van der Waals surface area contributed by atoms with Gasteiger partial charge in [-0.2, -0.15) is 5.10 Å². The number of benzene rings is 1. The molecule has 0 unspecified atom stereocenters. The van der Waals surface area contributed by atoms with Crippen LogP contribution in [0, 0.1) is 0 Å². The third-order valence-corrected chi connectivity index (χ3v) is 6.06. The van der Waals surface area contributed by atoms with Gasteiger partial charge < -0.3 is 5.32 Å². The van der Waals surface area contributed by atoms with Crippen LogP contribution in [-0.2, 0) is 14.8 Å². The number of sulfonamides is 1. The maximum absolute atomic E-state index is 12.5. The molecule has 0 saturated heterocycles. The summed E-state index contributed by atoms with van der Waals surface area (Å²) in [6, 6.07) is 11.5. The molecule has 0 spiro atoms. The number of rotatable bonds is 5. The molecule has 24 heavy (non-hydrogen) atoms. The van der Waals surface area contributed by atoms with Crippen molar-refractivity contribution >= 4 is 38.6 Å². The molecule has 0 saturated carbocycles. The quantitative estimate of drug-likeness (QED) is 0.649. The smallest absolute Gasteiger partial charge is 0.271 e. The number of hydrogen-bond acceptors (Lipinski definition) is 5. The third-order valence-electron chi connectivity index (χ3n) is 3.07. The van der Waals surface area contributed by atoms with Crippen molar-refractivity contribution in [2.45, 2.75) is 11.1 Å². The first-order valence-corrected chi connectivity index (χ1v) is 9.24. The molecule has 3 rings (SSSR count). The Hall–Kier alpha value is -2.65. The number of hydrogen-bond donors (Lipinski definition) is 3. The van der Waals surface area contributed by atoms with Crippen LogP contribution >= 0.6 is 11.3 Å². The zero-order valence-electron chi connectivity index (χ0n) is 12.6. The number of H-pyrrole nitrogens is 1. The molecule has 0 aliphatic carbocycles. The van der Waals surface area contributed by atoms with Crippen LogP contribution in [-0.4, -0.2) is 24.5 Å². The van der Waals surface area contributed by atoms with Gasteiger partial charge in [0.2, 0.25) is 5.91 Å². The number of amides is 1. The number of carbonyl (C=O) groups is 1.